The molecule has 0 bridgehead atoms. The van der Waals surface area contributed by atoms with Gasteiger partial charge in [0.05, 0.1) is 6.42 Å². The fourth-order valence-electron chi connectivity index (χ4n) is 2.58. The van der Waals surface area contributed by atoms with Crippen molar-refractivity contribution in [2.24, 2.45) is 0 Å². The highest BCUT2D eigenvalue weighted by atomic mass is 19.4. The van der Waals surface area contributed by atoms with Crippen LogP contribution in [0.2, 0.25) is 0 Å². The molecule has 0 aliphatic carbocycles. The van der Waals surface area contributed by atoms with Crippen LogP contribution in [0.5, 0.6) is 5.75 Å². The summed E-state index contributed by atoms with van der Waals surface area (Å²) in [5.41, 5.74) is 1.19. The van der Waals surface area contributed by atoms with Crippen LogP contribution in [0, 0.1) is 6.92 Å². The zero-order chi connectivity index (χ0) is 14.8. The van der Waals surface area contributed by atoms with Crippen LogP contribution in [0.4, 0.5) is 13.2 Å². The number of nitrogens with zero attached hydrogens (tertiary/aromatic N) is 1. The van der Waals surface area contributed by atoms with Crippen LogP contribution in [0.15, 0.2) is 18.2 Å². The first kappa shape index (κ1) is 15.1. The summed E-state index contributed by atoms with van der Waals surface area (Å²) in [6.45, 7) is 4.23. The Hall–Kier alpha value is -1.27. The highest BCUT2D eigenvalue weighted by Gasteiger charge is 2.36. The van der Waals surface area contributed by atoms with Crippen LogP contribution >= 0.6 is 0 Å². The van der Waals surface area contributed by atoms with Crippen molar-refractivity contribution in [3.63, 3.8) is 0 Å². The average molecular weight is 288 g/mol. The Kier molecular flexibility index (Phi) is 4.55. The van der Waals surface area contributed by atoms with Gasteiger partial charge in [-0.15, -0.1) is 0 Å². The SMILES string of the molecule is Cc1ccc([C@@H](CC(F)(F)F)N2CCNCC2)c(O)c1. The molecule has 1 atom stereocenters. The molecule has 0 aromatic heterocycles. The molecule has 0 unspecified atom stereocenters. The molecule has 20 heavy (non-hydrogen) atoms. The van der Waals surface area contributed by atoms with E-state index in [9.17, 15) is 18.3 Å². The zero-order valence-corrected chi connectivity index (χ0v) is 11.4. The van der Waals surface area contributed by atoms with E-state index >= 15 is 0 Å². The quantitative estimate of drug-likeness (QED) is 0.897. The third kappa shape index (κ3) is 3.86. The maximum atomic E-state index is 12.8. The van der Waals surface area contributed by atoms with Crippen molar-refractivity contribution in [3.05, 3.63) is 29.3 Å². The Morgan fingerprint density at radius 1 is 1.30 bits per heavy atom. The summed E-state index contributed by atoms with van der Waals surface area (Å²) >= 11 is 0. The van der Waals surface area contributed by atoms with E-state index in [2.05, 4.69) is 5.32 Å². The molecule has 1 fully saturated rings. The van der Waals surface area contributed by atoms with Crippen molar-refractivity contribution in [3.8, 4) is 5.75 Å². The lowest BCUT2D eigenvalue weighted by Crippen LogP contribution is -2.46. The van der Waals surface area contributed by atoms with Gasteiger partial charge in [0.2, 0.25) is 0 Å². The lowest BCUT2D eigenvalue weighted by molar-refractivity contribution is -0.148. The van der Waals surface area contributed by atoms with E-state index < -0.39 is 18.6 Å². The van der Waals surface area contributed by atoms with Gasteiger partial charge < -0.3 is 10.4 Å². The number of alkyl halides is 3. The third-order valence-corrected chi connectivity index (χ3v) is 3.56. The van der Waals surface area contributed by atoms with Crippen molar-refractivity contribution in [2.45, 2.75) is 25.6 Å². The average Bonchev–Trinajstić information content (AvgIpc) is 2.36. The van der Waals surface area contributed by atoms with Gasteiger partial charge >= 0.3 is 6.18 Å². The highest BCUT2D eigenvalue weighted by molar-refractivity contribution is 5.38. The summed E-state index contributed by atoms with van der Waals surface area (Å²) in [6, 6.07) is 4.03. The van der Waals surface area contributed by atoms with Crippen LogP contribution in [0.3, 0.4) is 0 Å². The Morgan fingerprint density at radius 2 is 1.95 bits per heavy atom. The fourth-order valence-corrected chi connectivity index (χ4v) is 2.58. The van der Waals surface area contributed by atoms with Crippen LogP contribution < -0.4 is 5.32 Å². The summed E-state index contributed by atoms with van der Waals surface area (Å²) in [7, 11) is 0. The minimum Gasteiger partial charge on any atom is -0.508 e. The summed E-state index contributed by atoms with van der Waals surface area (Å²) in [5.74, 6) is -0.0576. The molecule has 1 aliphatic heterocycles. The van der Waals surface area contributed by atoms with Crippen LogP contribution in [0.25, 0.3) is 0 Å². The van der Waals surface area contributed by atoms with Gasteiger partial charge in [0.15, 0.2) is 0 Å². The van der Waals surface area contributed by atoms with Gasteiger partial charge in [-0.3, -0.25) is 4.90 Å². The predicted molar refractivity (Wildman–Crippen MR) is 70.7 cm³/mol. The summed E-state index contributed by atoms with van der Waals surface area (Å²) in [6.07, 6.45) is -5.20. The van der Waals surface area contributed by atoms with E-state index in [0.29, 0.717) is 31.7 Å². The smallest absolute Gasteiger partial charge is 0.390 e. The Labute approximate surface area is 116 Å². The summed E-state index contributed by atoms with van der Waals surface area (Å²) in [5, 5.41) is 13.1. The minimum absolute atomic E-state index is 0.0576. The molecule has 2 rings (SSSR count). The number of hydrogen-bond acceptors (Lipinski definition) is 3. The Morgan fingerprint density at radius 3 is 2.50 bits per heavy atom. The second-order valence-corrected chi connectivity index (χ2v) is 5.18. The summed E-state index contributed by atoms with van der Waals surface area (Å²) in [4.78, 5) is 1.79. The number of rotatable bonds is 3. The van der Waals surface area contributed by atoms with Gasteiger partial charge in [0.25, 0.3) is 0 Å². The van der Waals surface area contributed by atoms with E-state index in [0.717, 1.165) is 5.56 Å². The molecule has 112 valence electrons. The first-order valence-electron chi connectivity index (χ1n) is 6.68. The largest absolute Gasteiger partial charge is 0.508 e. The standard InChI is InChI=1S/C14H19F3N2O/c1-10-2-3-11(13(20)8-10)12(9-14(15,16)17)19-6-4-18-5-7-19/h2-3,8,12,18,20H,4-7,9H2,1H3/t12-/m1/s1. The molecule has 1 saturated heterocycles. The van der Waals surface area contributed by atoms with Gasteiger partial charge in [0, 0.05) is 37.8 Å². The number of piperazine rings is 1. The molecule has 1 heterocycles. The van der Waals surface area contributed by atoms with Gasteiger partial charge in [-0.2, -0.15) is 13.2 Å². The lowest BCUT2D eigenvalue weighted by Gasteiger charge is -2.36. The van der Waals surface area contributed by atoms with Crippen LogP contribution in [0.1, 0.15) is 23.6 Å². The van der Waals surface area contributed by atoms with Crippen molar-refractivity contribution >= 4 is 0 Å². The molecule has 0 saturated carbocycles. The number of nitrogens with one attached hydrogen (secondary N) is 1. The first-order valence-corrected chi connectivity index (χ1v) is 6.68. The maximum absolute atomic E-state index is 12.8. The third-order valence-electron chi connectivity index (χ3n) is 3.56. The Balaban J connectivity index is 2.29. The number of aryl methyl sites for hydroxylation is 1. The highest BCUT2D eigenvalue weighted by Crippen LogP contribution is 2.37. The van der Waals surface area contributed by atoms with E-state index in [1.54, 1.807) is 24.0 Å². The first-order chi connectivity index (χ1) is 9.37. The normalized spacial score (nSPS) is 19.0. The van der Waals surface area contributed by atoms with Crippen molar-refractivity contribution in [2.75, 3.05) is 26.2 Å². The molecular formula is C14H19F3N2O. The Bertz CT molecular complexity index is 456. The van der Waals surface area contributed by atoms with Crippen molar-refractivity contribution in [1.29, 1.82) is 0 Å². The molecule has 0 radical (unpaired) electrons. The molecular weight excluding hydrogens is 269 g/mol. The van der Waals surface area contributed by atoms with E-state index in [1.165, 1.54) is 6.07 Å². The van der Waals surface area contributed by atoms with Gasteiger partial charge in [0.1, 0.15) is 5.75 Å². The molecule has 1 aromatic rings. The molecule has 6 heteroatoms. The second-order valence-electron chi connectivity index (χ2n) is 5.18. The molecule has 2 N–H and O–H groups in total. The van der Waals surface area contributed by atoms with Crippen molar-refractivity contribution < 1.29 is 18.3 Å². The number of benzene rings is 1. The molecule has 1 aliphatic rings. The molecule has 3 nitrogen and oxygen atoms in total. The zero-order valence-electron chi connectivity index (χ0n) is 11.4. The second kappa shape index (κ2) is 6.01. The fraction of sp³-hybridized carbons (Fsp3) is 0.571. The van der Waals surface area contributed by atoms with Crippen LogP contribution in [-0.2, 0) is 0 Å². The van der Waals surface area contributed by atoms with Gasteiger partial charge in [-0.25, -0.2) is 0 Å². The molecule has 1 aromatic carbocycles. The monoisotopic (exact) mass is 288 g/mol. The molecule has 0 amide bonds. The van der Waals surface area contributed by atoms with Crippen LogP contribution in [-0.4, -0.2) is 42.4 Å². The maximum Gasteiger partial charge on any atom is 0.390 e. The van der Waals surface area contributed by atoms with E-state index in [-0.39, 0.29) is 5.75 Å². The van der Waals surface area contributed by atoms with Crippen molar-refractivity contribution in [1.82, 2.24) is 10.2 Å². The number of hydrogen-bond donors (Lipinski definition) is 2. The number of phenolic OH excluding ortho intramolecular Hbond substituents is 1. The summed E-state index contributed by atoms with van der Waals surface area (Å²) < 4.78 is 38.5. The van der Waals surface area contributed by atoms with Gasteiger partial charge in [-0.1, -0.05) is 12.1 Å². The molecule has 0 spiro atoms. The van der Waals surface area contributed by atoms with E-state index in [1.807, 2.05) is 0 Å². The predicted octanol–water partition coefficient (Wildman–Crippen LogP) is 2.60. The number of halogens is 3. The lowest BCUT2D eigenvalue weighted by atomic mass is 9.98. The number of phenols is 1. The number of aromatic hydroxyl groups is 1. The minimum atomic E-state index is -4.26. The van der Waals surface area contributed by atoms with Gasteiger partial charge in [-0.05, 0) is 18.6 Å². The topological polar surface area (TPSA) is 35.5 Å². The van der Waals surface area contributed by atoms with E-state index in [4.69, 9.17) is 0 Å².